The Kier molecular flexibility index (Phi) is 5.17. The van der Waals surface area contributed by atoms with Gasteiger partial charge in [-0.05, 0) is 58.7 Å². The number of nitrogens with zero attached hydrogens (tertiary/aromatic N) is 3. The van der Waals surface area contributed by atoms with Crippen LogP contribution in [-0.2, 0) is 5.41 Å². The predicted octanol–water partition coefficient (Wildman–Crippen LogP) is 9.49. The Bertz CT molecular complexity index is 2130. The van der Waals surface area contributed by atoms with Crippen LogP contribution in [0.2, 0.25) is 0 Å². The standard InChI is InChI=1S/C38H27N3/c1-38(2)31-11-4-3-10-29(31)30-18-15-28(23-32(30)38)35-20-17-25-14-13-24-16-19-34(40-36(24)37(25)41-35)27-9-7-8-26(22-27)33-12-5-6-21-39-33/h3-23H,1-2H3. The Morgan fingerprint density at radius 3 is 1.78 bits per heavy atom. The van der Waals surface area contributed by atoms with Gasteiger partial charge in [-0.25, -0.2) is 9.97 Å². The Hall–Kier alpha value is -5.15. The molecule has 8 rings (SSSR count). The average Bonchev–Trinajstić information content (AvgIpc) is 3.27. The molecule has 0 N–H and O–H groups in total. The summed E-state index contributed by atoms with van der Waals surface area (Å²) in [7, 11) is 0. The number of aromatic nitrogens is 3. The Morgan fingerprint density at radius 1 is 0.463 bits per heavy atom. The van der Waals surface area contributed by atoms with Gasteiger partial charge in [0.25, 0.3) is 0 Å². The highest BCUT2D eigenvalue weighted by Crippen LogP contribution is 2.49. The summed E-state index contributed by atoms with van der Waals surface area (Å²) >= 11 is 0. The molecule has 1 aliphatic rings. The molecule has 0 fully saturated rings. The van der Waals surface area contributed by atoms with Crippen LogP contribution in [-0.4, -0.2) is 15.0 Å². The normalized spacial score (nSPS) is 13.3. The molecular weight excluding hydrogens is 498 g/mol. The van der Waals surface area contributed by atoms with Crippen LogP contribution in [0.3, 0.4) is 0 Å². The largest absolute Gasteiger partial charge is 0.256 e. The third-order valence-electron chi connectivity index (χ3n) is 8.52. The number of hydrogen-bond acceptors (Lipinski definition) is 3. The molecule has 3 heteroatoms. The van der Waals surface area contributed by atoms with E-state index < -0.39 is 0 Å². The molecule has 0 amide bonds. The average molecular weight is 526 g/mol. The van der Waals surface area contributed by atoms with Gasteiger partial charge in [-0.1, -0.05) is 98.8 Å². The molecule has 0 bridgehead atoms. The second-order valence-electron chi connectivity index (χ2n) is 11.3. The highest BCUT2D eigenvalue weighted by molar-refractivity contribution is 6.04. The van der Waals surface area contributed by atoms with Gasteiger partial charge in [0.1, 0.15) is 0 Å². The number of benzene rings is 4. The first-order valence-corrected chi connectivity index (χ1v) is 14.0. The van der Waals surface area contributed by atoms with Crippen molar-refractivity contribution in [2.24, 2.45) is 0 Å². The zero-order valence-corrected chi connectivity index (χ0v) is 23.0. The minimum atomic E-state index is -0.0499. The maximum Gasteiger partial charge on any atom is 0.0972 e. The molecule has 0 unspecified atom stereocenters. The van der Waals surface area contributed by atoms with Gasteiger partial charge in [0, 0.05) is 39.1 Å². The van der Waals surface area contributed by atoms with Crippen molar-refractivity contribution in [3.8, 4) is 44.9 Å². The molecule has 194 valence electrons. The van der Waals surface area contributed by atoms with Crippen molar-refractivity contribution in [3.63, 3.8) is 0 Å². The van der Waals surface area contributed by atoms with Crippen molar-refractivity contribution in [2.45, 2.75) is 19.3 Å². The molecule has 0 radical (unpaired) electrons. The van der Waals surface area contributed by atoms with Gasteiger partial charge in [-0.2, -0.15) is 0 Å². The molecule has 3 nitrogen and oxygen atoms in total. The van der Waals surface area contributed by atoms with Gasteiger partial charge < -0.3 is 0 Å². The van der Waals surface area contributed by atoms with Gasteiger partial charge >= 0.3 is 0 Å². The summed E-state index contributed by atoms with van der Waals surface area (Å²) in [6.45, 7) is 4.63. The van der Waals surface area contributed by atoms with E-state index in [9.17, 15) is 0 Å². The van der Waals surface area contributed by atoms with E-state index >= 15 is 0 Å². The van der Waals surface area contributed by atoms with Crippen LogP contribution < -0.4 is 0 Å². The lowest BCUT2D eigenvalue weighted by Gasteiger charge is -2.21. The van der Waals surface area contributed by atoms with Crippen LogP contribution >= 0.6 is 0 Å². The maximum atomic E-state index is 5.22. The first-order chi connectivity index (χ1) is 20.1. The Balaban J connectivity index is 1.25. The quantitative estimate of drug-likeness (QED) is 0.216. The molecule has 4 aromatic carbocycles. The first kappa shape index (κ1) is 23.7. The van der Waals surface area contributed by atoms with Crippen LogP contribution in [0.4, 0.5) is 0 Å². The lowest BCUT2D eigenvalue weighted by Crippen LogP contribution is -2.14. The van der Waals surface area contributed by atoms with E-state index in [0.717, 1.165) is 55.6 Å². The van der Waals surface area contributed by atoms with Crippen molar-refractivity contribution >= 4 is 21.8 Å². The fraction of sp³-hybridized carbons (Fsp3) is 0.0789. The smallest absolute Gasteiger partial charge is 0.0972 e. The molecule has 3 heterocycles. The second-order valence-corrected chi connectivity index (χ2v) is 11.3. The summed E-state index contributed by atoms with van der Waals surface area (Å²) in [6.07, 6.45) is 1.83. The first-order valence-electron chi connectivity index (χ1n) is 14.0. The predicted molar refractivity (Wildman–Crippen MR) is 169 cm³/mol. The van der Waals surface area contributed by atoms with Crippen LogP contribution in [0, 0.1) is 0 Å². The molecule has 0 saturated heterocycles. The van der Waals surface area contributed by atoms with E-state index in [-0.39, 0.29) is 5.41 Å². The topological polar surface area (TPSA) is 38.7 Å². The van der Waals surface area contributed by atoms with Crippen LogP contribution in [0.5, 0.6) is 0 Å². The zero-order chi connectivity index (χ0) is 27.6. The van der Waals surface area contributed by atoms with E-state index in [0.29, 0.717) is 0 Å². The molecule has 7 aromatic rings. The van der Waals surface area contributed by atoms with Crippen molar-refractivity contribution in [1.82, 2.24) is 15.0 Å². The Labute approximate surface area is 239 Å². The van der Waals surface area contributed by atoms with Crippen LogP contribution in [0.1, 0.15) is 25.0 Å². The minimum Gasteiger partial charge on any atom is -0.256 e. The van der Waals surface area contributed by atoms with Crippen molar-refractivity contribution in [2.75, 3.05) is 0 Å². The molecule has 0 aliphatic heterocycles. The highest BCUT2D eigenvalue weighted by atomic mass is 14.8. The highest BCUT2D eigenvalue weighted by Gasteiger charge is 2.35. The zero-order valence-electron chi connectivity index (χ0n) is 23.0. The SMILES string of the molecule is CC1(C)c2ccccc2-c2ccc(-c3ccc4ccc5ccc(-c6cccc(-c7ccccn7)c6)nc5c4n3)cc21. The molecular formula is C38H27N3. The molecule has 3 aromatic heterocycles. The molecule has 0 spiro atoms. The van der Waals surface area contributed by atoms with E-state index in [1.165, 1.54) is 22.3 Å². The number of hydrogen-bond donors (Lipinski definition) is 0. The monoisotopic (exact) mass is 525 g/mol. The third-order valence-corrected chi connectivity index (χ3v) is 8.52. The summed E-state index contributed by atoms with van der Waals surface area (Å²) in [5.74, 6) is 0. The maximum absolute atomic E-state index is 5.22. The van der Waals surface area contributed by atoms with Crippen molar-refractivity contribution in [1.29, 1.82) is 0 Å². The summed E-state index contributed by atoms with van der Waals surface area (Å²) in [4.78, 5) is 14.9. The third kappa shape index (κ3) is 3.77. The number of pyridine rings is 3. The molecule has 0 atom stereocenters. The van der Waals surface area contributed by atoms with E-state index in [1.54, 1.807) is 0 Å². The van der Waals surface area contributed by atoms with Gasteiger partial charge in [-0.15, -0.1) is 0 Å². The molecule has 1 aliphatic carbocycles. The van der Waals surface area contributed by atoms with Gasteiger partial charge in [0.05, 0.1) is 28.1 Å². The molecule has 0 saturated carbocycles. The van der Waals surface area contributed by atoms with Crippen LogP contribution in [0.15, 0.2) is 128 Å². The molecule has 41 heavy (non-hydrogen) atoms. The summed E-state index contributed by atoms with van der Waals surface area (Å²) in [5.41, 5.74) is 13.3. The van der Waals surface area contributed by atoms with Crippen molar-refractivity contribution in [3.05, 3.63) is 139 Å². The van der Waals surface area contributed by atoms with Gasteiger partial charge in [0.15, 0.2) is 0 Å². The van der Waals surface area contributed by atoms with Crippen molar-refractivity contribution < 1.29 is 0 Å². The number of fused-ring (bicyclic) bond motifs is 6. The van der Waals surface area contributed by atoms with E-state index in [1.807, 2.05) is 24.4 Å². The lowest BCUT2D eigenvalue weighted by atomic mass is 9.82. The van der Waals surface area contributed by atoms with Crippen LogP contribution in [0.25, 0.3) is 66.7 Å². The fourth-order valence-corrected chi connectivity index (χ4v) is 6.32. The minimum absolute atomic E-state index is 0.0499. The summed E-state index contributed by atoms with van der Waals surface area (Å²) in [5, 5.41) is 2.17. The summed E-state index contributed by atoms with van der Waals surface area (Å²) < 4.78 is 0. The fourth-order valence-electron chi connectivity index (χ4n) is 6.32. The van der Waals surface area contributed by atoms with E-state index in [4.69, 9.17) is 9.97 Å². The Morgan fingerprint density at radius 2 is 1.07 bits per heavy atom. The summed E-state index contributed by atoms with van der Waals surface area (Å²) in [6, 6.07) is 42.8. The number of rotatable bonds is 3. The second kappa shape index (κ2) is 8.94. The van der Waals surface area contributed by atoms with Gasteiger partial charge in [-0.3, -0.25) is 4.98 Å². The van der Waals surface area contributed by atoms with Gasteiger partial charge in [0.2, 0.25) is 0 Å². The lowest BCUT2D eigenvalue weighted by molar-refractivity contribution is 0.660. The van der Waals surface area contributed by atoms with E-state index in [2.05, 4.69) is 122 Å².